The lowest BCUT2D eigenvalue weighted by Crippen LogP contribution is -2.32. The second-order valence-corrected chi connectivity index (χ2v) is 11.5. The minimum absolute atomic E-state index is 0.809. The van der Waals surface area contributed by atoms with Crippen molar-refractivity contribution in [3.8, 4) is 22.5 Å². The molecular formula is C37H30N4O2+2. The third-order valence-electron chi connectivity index (χ3n) is 8.62. The third kappa shape index (κ3) is 4.02. The molecule has 0 unspecified atom stereocenters. The molecule has 0 N–H and O–H groups in total. The highest BCUT2D eigenvalue weighted by molar-refractivity contribution is 6.10. The summed E-state index contributed by atoms with van der Waals surface area (Å²) in [7, 11) is 4.22. The van der Waals surface area contributed by atoms with E-state index in [2.05, 4.69) is 108 Å². The van der Waals surface area contributed by atoms with Gasteiger partial charge in [0, 0.05) is 63.6 Å². The maximum absolute atomic E-state index is 6.32. The molecular weight excluding hydrogens is 532 g/mol. The molecule has 0 aliphatic heterocycles. The van der Waals surface area contributed by atoms with Crippen molar-refractivity contribution in [3.63, 3.8) is 0 Å². The summed E-state index contributed by atoms with van der Waals surface area (Å²) in [5, 5.41) is 4.40. The first-order chi connectivity index (χ1) is 21.0. The number of pyridine rings is 4. The van der Waals surface area contributed by atoms with Crippen LogP contribution in [0.4, 0.5) is 0 Å². The molecule has 6 aromatic heterocycles. The molecule has 0 saturated carbocycles. The number of aromatic nitrogens is 4. The predicted octanol–water partition coefficient (Wildman–Crippen LogP) is 7.47. The van der Waals surface area contributed by atoms with E-state index in [9.17, 15) is 0 Å². The molecule has 6 heteroatoms. The van der Waals surface area contributed by atoms with Crippen molar-refractivity contribution in [2.24, 2.45) is 14.1 Å². The van der Waals surface area contributed by atoms with Gasteiger partial charge < -0.3 is 8.83 Å². The van der Waals surface area contributed by atoms with Crippen LogP contribution < -0.4 is 9.13 Å². The third-order valence-corrected chi connectivity index (χ3v) is 8.62. The zero-order valence-corrected chi connectivity index (χ0v) is 24.6. The summed E-state index contributed by atoms with van der Waals surface area (Å²) in [5.74, 6) is 0. The van der Waals surface area contributed by atoms with Crippen molar-refractivity contribution in [2.75, 3.05) is 0 Å². The molecule has 0 aliphatic carbocycles. The second kappa shape index (κ2) is 9.60. The average molecular weight is 563 g/mol. The molecule has 208 valence electrons. The van der Waals surface area contributed by atoms with Gasteiger partial charge >= 0.3 is 0 Å². The van der Waals surface area contributed by atoms with Crippen molar-refractivity contribution in [1.29, 1.82) is 0 Å². The van der Waals surface area contributed by atoms with E-state index in [0.29, 0.717) is 0 Å². The Bertz CT molecular complexity index is 2210. The van der Waals surface area contributed by atoms with Crippen molar-refractivity contribution >= 4 is 43.9 Å². The van der Waals surface area contributed by atoms with Crippen molar-refractivity contribution < 1.29 is 18.0 Å². The summed E-state index contributed by atoms with van der Waals surface area (Å²) in [4.78, 5) is 8.50. The van der Waals surface area contributed by atoms with Gasteiger partial charge in [0.05, 0.1) is 23.5 Å². The fourth-order valence-electron chi connectivity index (χ4n) is 6.52. The molecule has 0 bridgehead atoms. The number of rotatable bonds is 4. The van der Waals surface area contributed by atoms with E-state index in [1.165, 1.54) is 22.3 Å². The summed E-state index contributed by atoms with van der Waals surface area (Å²) < 4.78 is 17.1. The van der Waals surface area contributed by atoms with Crippen LogP contribution in [0.1, 0.15) is 22.3 Å². The maximum atomic E-state index is 6.32. The van der Waals surface area contributed by atoms with Gasteiger partial charge in [-0.15, -0.1) is 0 Å². The SMILES string of the molecule is Cc1ccc2c(oc3cnccc32)c1-c1ccc(Cc2ccc(-c3c(C)ccc4c3oc3cnccc34)[n+](C)c2)c[n+]1C. The summed E-state index contributed by atoms with van der Waals surface area (Å²) in [6, 6.07) is 21.5. The van der Waals surface area contributed by atoms with E-state index >= 15 is 0 Å². The van der Waals surface area contributed by atoms with E-state index in [1.54, 1.807) is 12.4 Å². The van der Waals surface area contributed by atoms with Crippen LogP contribution >= 0.6 is 0 Å². The molecule has 6 nitrogen and oxygen atoms in total. The van der Waals surface area contributed by atoms with Crippen molar-refractivity contribution in [3.05, 3.63) is 120 Å². The van der Waals surface area contributed by atoms with Gasteiger partial charge in [-0.2, -0.15) is 0 Å². The zero-order chi connectivity index (χ0) is 29.2. The van der Waals surface area contributed by atoms with Crippen LogP contribution in [0.25, 0.3) is 66.4 Å². The molecule has 2 aromatic carbocycles. The van der Waals surface area contributed by atoms with E-state index in [0.717, 1.165) is 72.8 Å². The Morgan fingerprint density at radius 3 is 1.47 bits per heavy atom. The highest BCUT2D eigenvalue weighted by Crippen LogP contribution is 2.38. The molecule has 43 heavy (non-hydrogen) atoms. The Hall–Kier alpha value is -5.36. The monoisotopic (exact) mass is 562 g/mol. The van der Waals surface area contributed by atoms with Crippen LogP contribution in [0, 0.1) is 13.8 Å². The lowest BCUT2D eigenvalue weighted by Gasteiger charge is -2.08. The van der Waals surface area contributed by atoms with E-state index in [-0.39, 0.29) is 0 Å². The van der Waals surface area contributed by atoms with Gasteiger partial charge in [-0.3, -0.25) is 9.97 Å². The van der Waals surface area contributed by atoms with Crippen LogP contribution in [0.15, 0.2) is 107 Å². The molecule has 8 rings (SSSR count). The van der Waals surface area contributed by atoms with E-state index < -0.39 is 0 Å². The summed E-state index contributed by atoms with van der Waals surface area (Å²) in [6.45, 7) is 4.28. The number of fused-ring (bicyclic) bond motifs is 6. The lowest BCUT2D eigenvalue weighted by molar-refractivity contribution is -0.661. The topological polar surface area (TPSA) is 59.8 Å². The first-order valence-corrected chi connectivity index (χ1v) is 14.5. The number of benzene rings is 2. The van der Waals surface area contributed by atoms with Gasteiger partial charge in [0.25, 0.3) is 0 Å². The molecule has 0 amide bonds. The molecule has 0 fully saturated rings. The van der Waals surface area contributed by atoms with Gasteiger partial charge in [-0.05, 0) is 49.2 Å². The van der Waals surface area contributed by atoms with Gasteiger partial charge in [0.1, 0.15) is 25.3 Å². The number of hydrogen-bond donors (Lipinski definition) is 0. The highest BCUT2D eigenvalue weighted by atomic mass is 16.3. The van der Waals surface area contributed by atoms with Gasteiger partial charge in [0.15, 0.2) is 23.6 Å². The van der Waals surface area contributed by atoms with Crippen molar-refractivity contribution in [1.82, 2.24) is 9.97 Å². The minimum atomic E-state index is 0.809. The molecule has 8 aromatic rings. The van der Waals surface area contributed by atoms with Gasteiger partial charge in [-0.1, -0.05) is 24.3 Å². The van der Waals surface area contributed by atoms with Crippen LogP contribution in [0.3, 0.4) is 0 Å². The van der Waals surface area contributed by atoms with Gasteiger partial charge in [-0.25, -0.2) is 9.13 Å². The smallest absolute Gasteiger partial charge is 0.216 e. The Labute approximate surface area is 248 Å². The first-order valence-electron chi connectivity index (χ1n) is 14.5. The van der Waals surface area contributed by atoms with E-state index in [1.807, 2.05) is 24.5 Å². The quantitative estimate of drug-likeness (QED) is 0.209. The van der Waals surface area contributed by atoms with Crippen LogP contribution in [-0.2, 0) is 20.5 Å². The van der Waals surface area contributed by atoms with Crippen LogP contribution in [0.2, 0.25) is 0 Å². The van der Waals surface area contributed by atoms with Crippen LogP contribution in [0.5, 0.6) is 0 Å². The Morgan fingerprint density at radius 1 is 0.558 bits per heavy atom. The Morgan fingerprint density at radius 2 is 1.02 bits per heavy atom. The largest absolute Gasteiger partial charge is 0.454 e. The fourth-order valence-corrected chi connectivity index (χ4v) is 6.52. The summed E-state index contributed by atoms with van der Waals surface area (Å²) in [6.07, 6.45) is 12.5. The first kappa shape index (κ1) is 25.4. The fraction of sp³-hybridized carbons (Fsp3) is 0.135. The standard InChI is InChI=1S/C37H30N4O2/c1-22-5-9-28-26-13-15-38-18-32(26)42-36(28)34(22)30-11-7-24(20-40(30)3)17-25-8-12-31(41(4)21-25)35-23(2)6-10-29-27-14-16-39-19-33(27)43-37(29)35/h5-16,18-21H,17H2,1-4H3/q+2. The van der Waals surface area contributed by atoms with Crippen LogP contribution in [-0.4, -0.2) is 9.97 Å². The molecule has 6 heterocycles. The molecule has 0 radical (unpaired) electrons. The molecule has 0 aliphatic rings. The summed E-state index contributed by atoms with van der Waals surface area (Å²) in [5.41, 5.74) is 12.7. The van der Waals surface area contributed by atoms with E-state index in [4.69, 9.17) is 8.83 Å². The molecule has 0 saturated heterocycles. The zero-order valence-electron chi connectivity index (χ0n) is 24.6. The average Bonchev–Trinajstić information content (AvgIpc) is 3.57. The number of aryl methyl sites for hydroxylation is 4. The number of nitrogens with zero attached hydrogens (tertiary/aromatic N) is 4. The van der Waals surface area contributed by atoms with Crippen molar-refractivity contribution in [2.45, 2.75) is 20.3 Å². The van der Waals surface area contributed by atoms with Gasteiger partial charge in [0.2, 0.25) is 11.4 Å². The predicted molar refractivity (Wildman–Crippen MR) is 169 cm³/mol. The lowest BCUT2D eigenvalue weighted by atomic mass is 9.99. The molecule has 0 atom stereocenters. The Kier molecular flexibility index (Phi) is 5.66. The number of furan rings is 2. The normalized spacial score (nSPS) is 11.8. The molecule has 0 spiro atoms. The summed E-state index contributed by atoms with van der Waals surface area (Å²) >= 11 is 0. The number of hydrogen-bond acceptors (Lipinski definition) is 4. The maximum Gasteiger partial charge on any atom is 0.216 e. The minimum Gasteiger partial charge on any atom is -0.454 e. The Balaban J connectivity index is 1.14. The second-order valence-electron chi connectivity index (χ2n) is 11.5. The highest BCUT2D eigenvalue weighted by Gasteiger charge is 2.23.